The van der Waals surface area contributed by atoms with E-state index in [0.717, 1.165) is 18.7 Å². The summed E-state index contributed by atoms with van der Waals surface area (Å²) in [5.74, 6) is 0.635. The average molecular weight is 280 g/mol. The molecular formula is C18H20N2O. The summed E-state index contributed by atoms with van der Waals surface area (Å²) in [6.07, 6.45) is 0. The van der Waals surface area contributed by atoms with E-state index in [9.17, 15) is 0 Å². The Labute approximate surface area is 126 Å². The molecule has 0 spiro atoms. The Balaban J connectivity index is 2.27. The van der Waals surface area contributed by atoms with Crippen LogP contribution in [0.5, 0.6) is 5.75 Å². The van der Waals surface area contributed by atoms with Gasteiger partial charge < -0.3 is 9.64 Å². The average Bonchev–Trinajstić information content (AvgIpc) is 2.53. The summed E-state index contributed by atoms with van der Waals surface area (Å²) in [5, 5.41) is 9.04. The van der Waals surface area contributed by atoms with Crippen LogP contribution in [0.1, 0.15) is 23.6 Å². The number of benzene rings is 2. The van der Waals surface area contributed by atoms with Gasteiger partial charge in [0.05, 0.1) is 12.7 Å². The molecule has 0 unspecified atom stereocenters. The number of hydrogen-bond acceptors (Lipinski definition) is 3. The number of nitrogens with zero attached hydrogens (tertiary/aromatic N) is 2. The fourth-order valence-electron chi connectivity index (χ4n) is 2.43. The van der Waals surface area contributed by atoms with E-state index in [4.69, 9.17) is 10.00 Å². The minimum absolute atomic E-state index is 0.570. The summed E-state index contributed by atoms with van der Waals surface area (Å²) in [7, 11) is 1.60. The number of nitriles is 1. The van der Waals surface area contributed by atoms with Gasteiger partial charge in [0.1, 0.15) is 11.8 Å². The Kier molecular flexibility index (Phi) is 4.84. The van der Waals surface area contributed by atoms with E-state index in [1.54, 1.807) is 7.11 Å². The Morgan fingerprint density at radius 3 is 2.57 bits per heavy atom. The Morgan fingerprint density at radius 2 is 1.95 bits per heavy atom. The van der Waals surface area contributed by atoms with Gasteiger partial charge in [-0.1, -0.05) is 24.3 Å². The molecule has 2 aromatic rings. The van der Waals surface area contributed by atoms with Crippen LogP contribution in [-0.2, 0) is 6.54 Å². The molecule has 0 saturated carbocycles. The first kappa shape index (κ1) is 14.9. The Morgan fingerprint density at radius 1 is 1.19 bits per heavy atom. The number of rotatable bonds is 5. The fourth-order valence-corrected chi connectivity index (χ4v) is 2.43. The van der Waals surface area contributed by atoms with Crippen molar-refractivity contribution in [1.82, 2.24) is 0 Å². The predicted molar refractivity (Wildman–Crippen MR) is 85.6 cm³/mol. The molecule has 108 valence electrons. The second-order valence-corrected chi connectivity index (χ2v) is 4.95. The SMILES string of the molecule is CCN(Cc1ccc(C#N)c(OC)c1)c1ccccc1C. The zero-order valence-corrected chi connectivity index (χ0v) is 12.8. The van der Waals surface area contributed by atoms with Crippen molar-refractivity contribution >= 4 is 5.69 Å². The van der Waals surface area contributed by atoms with E-state index in [-0.39, 0.29) is 0 Å². The summed E-state index contributed by atoms with van der Waals surface area (Å²) in [6, 6.07) is 16.3. The lowest BCUT2D eigenvalue weighted by Gasteiger charge is -2.25. The number of methoxy groups -OCH3 is 1. The maximum atomic E-state index is 9.04. The maximum Gasteiger partial charge on any atom is 0.136 e. The second kappa shape index (κ2) is 6.81. The number of aryl methyl sites for hydroxylation is 1. The Bertz CT molecular complexity index is 659. The van der Waals surface area contributed by atoms with Crippen LogP contribution in [0.3, 0.4) is 0 Å². The van der Waals surface area contributed by atoms with Crippen molar-refractivity contribution in [2.24, 2.45) is 0 Å². The van der Waals surface area contributed by atoms with E-state index in [2.05, 4.69) is 49.1 Å². The van der Waals surface area contributed by atoms with E-state index in [1.165, 1.54) is 11.3 Å². The molecule has 0 radical (unpaired) electrons. The van der Waals surface area contributed by atoms with Gasteiger partial charge in [0.2, 0.25) is 0 Å². The molecule has 2 aromatic carbocycles. The first-order valence-electron chi connectivity index (χ1n) is 7.07. The van der Waals surface area contributed by atoms with E-state index < -0.39 is 0 Å². The van der Waals surface area contributed by atoms with Crippen molar-refractivity contribution in [3.63, 3.8) is 0 Å². The highest BCUT2D eigenvalue weighted by atomic mass is 16.5. The fraction of sp³-hybridized carbons (Fsp3) is 0.278. The summed E-state index contributed by atoms with van der Waals surface area (Å²) >= 11 is 0. The molecule has 3 heteroatoms. The molecule has 0 aliphatic rings. The van der Waals surface area contributed by atoms with Gasteiger partial charge in [-0.15, -0.1) is 0 Å². The topological polar surface area (TPSA) is 36.3 Å². The summed E-state index contributed by atoms with van der Waals surface area (Å²) in [4.78, 5) is 2.32. The molecule has 0 amide bonds. The van der Waals surface area contributed by atoms with E-state index >= 15 is 0 Å². The van der Waals surface area contributed by atoms with Gasteiger partial charge in [-0.05, 0) is 43.2 Å². The summed E-state index contributed by atoms with van der Waals surface area (Å²) in [5.41, 5.74) is 4.21. The van der Waals surface area contributed by atoms with E-state index in [0.29, 0.717) is 11.3 Å². The molecule has 0 heterocycles. The second-order valence-electron chi connectivity index (χ2n) is 4.95. The van der Waals surface area contributed by atoms with Crippen molar-refractivity contribution in [3.05, 3.63) is 59.2 Å². The summed E-state index contributed by atoms with van der Waals surface area (Å²) < 4.78 is 5.28. The van der Waals surface area contributed by atoms with Crippen LogP contribution in [0.4, 0.5) is 5.69 Å². The zero-order valence-electron chi connectivity index (χ0n) is 12.8. The van der Waals surface area contributed by atoms with Gasteiger partial charge in [0, 0.05) is 18.8 Å². The third-order valence-electron chi connectivity index (χ3n) is 3.60. The number of ether oxygens (including phenoxy) is 1. The lowest BCUT2D eigenvalue weighted by Crippen LogP contribution is -2.22. The molecule has 0 N–H and O–H groups in total. The number of hydrogen-bond donors (Lipinski definition) is 0. The molecule has 0 aliphatic carbocycles. The van der Waals surface area contributed by atoms with Crippen LogP contribution < -0.4 is 9.64 Å². The van der Waals surface area contributed by atoms with Crippen molar-refractivity contribution in [3.8, 4) is 11.8 Å². The van der Waals surface area contributed by atoms with Crippen LogP contribution in [0.15, 0.2) is 42.5 Å². The first-order valence-corrected chi connectivity index (χ1v) is 7.07. The van der Waals surface area contributed by atoms with Crippen molar-refractivity contribution in [1.29, 1.82) is 5.26 Å². The van der Waals surface area contributed by atoms with Gasteiger partial charge in [-0.3, -0.25) is 0 Å². The van der Waals surface area contributed by atoms with Gasteiger partial charge in [-0.25, -0.2) is 0 Å². The van der Waals surface area contributed by atoms with Gasteiger partial charge in [-0.2, -0.15) is 5.26 Å². The van der Waals surface area contributed by atoms with Crippen LogP contribution in [0, 0.1) is 18.3 Å². The molecule has 0 saturated heterocycles. The van der Waals surface area contributed by atoms with Crippen molar-refractivity contribution in [2.75, 3.05) is 18.6 Å². The maximum absolute atomic E-state index is 9.04. The minimum Gasteiger partial charge on any atom is -0.495 e. The lowest BCUT2D eigenvalue weighted by atomic mass is 10.1. The molecule has 0 aliphatic heterocycles. The van der Waals surface area contributed by atoms with Gasteiger partial charge in [0.25, 0.3) is 0 Å². The van der Waals surface area contributed by atoms with E-state index in [1.807, 2.05) is 18.2 Å². The molecule has 0 aromatic heterocycles. The monoisotopic (exact) mass is 280 g/mol. The summed E-state index contributed by atoms with van der Waals surface area (Å²) in [6.45, 7) is 5.99. The smallest absolute Gasteiger partial charge is 0.136 e. The highest BCUT2D eigenvalue weighted by molar-refractivity contribution is 5.54. The highest BCUT2D eigenvalue weighted by Crippen LogP contribution is 2.24. The van der Waals surface area contributed by atoms with Crippen molar-refractivity contribution in [2.45, 2.75) is 20.4 Å². The van der Waals surface area contributed by atoms with Crippen LogP contribution in [-0.4, -0.2) is 13.7 Å². The Hall–Kier alpha value is -2.47. The molecular weight excluding hydrogens is 260 g/mol. The predicted octanol–water partition coefficient (Wildman–Crippen LogP) is 3.90. The zero-order chi connectivity index (χ0) is 15.2. The third-order valence-corrected chi connectivity index (χ3v) is 3.60. The molecule has 21 heavy (non-hydrogen) atoms. The molecule has 0 fully saturated rings. The van der Waals surface area contributed by atoms with Gasteiger partial charge >= 0.3 is 0 Å². The first-order chi connectivity index (χ1) is 10.2. The molecule has 3 nitrogen and oxygen atoms in total. The largest absolute Gasteiger partial charge is 0.495 e. The normalized spacial score (nSPS) is 10.0. The van der Waals surface area contributed by atoms with Gasteiger partial charge in [0.15, 0.2) is 0 Å². The molecule has 0 bridgehead atoms. The minimum atomic E-state index is 0.570. The van der Waals surface area contributed by atoms with Crippen molar-refractivity contribution < 1.29 is 4.74 Å². The number of anilines is 1. The standard InChI is InChI=1S/C18H20N2O/c1-4-20(17-8-6-5-7-14(17)2)13-15-9-10-16(12-19)18(11-15)21-3/h5-11H,4,13H2,1-3H3. The highest BCUT2D eigenvalue weighted by Gasteiger charge is 2.10. The molecule has 2 rings (SSSR count). The van der Waals surface area contributed by atoms with Crippen LogP contribution >= 0.6 is 0 Å². The number of para-hydroxylation sites is 1. The quantitative estimate of drug-likeness (QED) is 0.833. The van der Waals surface area contributed by atoms with Crippen LogP contribution in [0.25, 0.3) is 0 Å². The van der Waals surface area contributed by atoms with Crippen LogP contribution in [0.2, 0.25) is 0 Å². The lowest BCUT2D eigenvalue weighted by molar-refractivity contribution is 0.413. The third kappa shape index (κ3) is 3.35. The molecule has 0 atom stereocenters.